The number of hydrogen-bond acceptors (Lipinski definition) is 6. The van der Waals surface area contributed by atoms with E-state index in [9.17, 15) is 30.6 Å². The minimum absolute atomic E-state index is 0.167. The lowest BCUT2D eigenvalue weighted by atomic mass is 9.82. The van der Waals surface area contributed by atoms with E-state index < -0.39 is 16.2 Å². The Morgan fingerprint density at radius 2 is 0.500 bits per heavy atom. The largest absolute Gasteiger partial charge is 0.504 e. The van der Waals surface area contributed by atoms with Gasteiger partial charge in [0.1, 0.15) is 0 Å². The molecule has 0 spiro atoms. The second kappa shape index (κ2) is 10.2. The topological polar surface area (TPSA) is 121 Å². The maximum absolute atomic E-state index is 10.7. The molecule has 6 nitrogen and oxygen atoms in total. The predicted molar refractivity (Wildman–Crippen MR) is 169 cm³/mol. The number of phenolic OH excluding ortho intramolecular Hbond substituents is 6. The highest BCUT2D eigenvalue weighted by atomic mass is 16.3. The van der Waals surface area contributed by atoms with Crippen LogP contribution in [0, 0.1) is 0 Å². The third-order valence-corrected chi connectivity index (χ3v) is 7.63. The molecule has 0 fully saturated rings. The standard InChI is InChI=1S/C36H42O6/c1-34(2,3)25-13-22(16-28(37)31(25)40)19-10-20(23-14-26(35(4,5)6)32(41)29(38)17-23)12-21(11-19)24-15-27(36(7,8)9)33(42)30(39)18-24/h10-18,37-42H,1-9H3. The molecule has 42 heavy (non-hydrogen) atoms. The first-order valence-electron chi connectivity index (χ1n) is 14.0. The Bertz CT molecular complexity index is 1470. The van der Waals surface area contributed by atoms with Crippen LogP contribution in [0.15, 0.2) is 54.6 Å². The van der Waals surface area contributed by atoms with Crippen molar-refractivity contribution in [3.8, 4) is 67.9 Å². The summed E-state index contributed by atoms with van der Waals surface area (Å²) in [4.78, 5) is 0. The minimum Gasteiger partial charge on any atom is -0.504 e. The average molecular weight is 571 g/mol. The Labute approximate surface area is 248 Å². The summed E-state index contributed by atoms with van der Waals surface area (Å²) in [6.07, 6.45) is 0. The molecule has 0 bridgehead atoms. The molecule has 0 aromatic heterocycles. The van der Waals surface area contributed by atoms with Crippen LogP contribution in [0.4, 0.5) is 0 Å². The van der Waals surface area contributed by atoms with E-state index in [1.165, 1.54) is 18.2 Å². The van der Waals surface area contributed by atoms with Gasteiger partial charge in [0.05, 0.1) is 0 Å². The fraction of sp³-hybridized carbons (Fsp3) is 0.333. The van der Waals surface area contributed by atoms with Crippen LogP contribution in [-0.2, 0) is 16.2 Å². The normalized spacial score (nSPS) is 12.5. The number of benzene rings is 4. The molecule has 4 aromatic carbocycles. The van der Waals surface area contributed by atoms with Gasteiger partial charge in [-0.2, -0.15) is 0 Å². The highest BCUT2D eigenvalue weighted by Crippen LogP contribution is 2.46. The van der Waals surface area contributed by atoms with Gasteiger partial charge in [-0.15, -0.1) is 0 Å². The molecule has 0 radical (unpaired) electrons. The summed E-state index contributed by atoms with van der Waals surface area (Å²) in [5.41, 5.74) is 4.54. The van der Waals surface area contributed by atoms with Crippen molar-refractivity contribution in [2.45, 2.75) is 78.6 Å². The number of phenols is 6. The Balaban J connectivity index is 2.08. The zero-order valence-corrected chi connectivity index (χ0v) is 25.9. The Morgan fingerprint density at radius 3 is 0.690 bits per heavy atom. The molecule has 6 N–H and O–H groups in total. The van der Waals surface area contributed by atoms with Gasteiger partial charge in [-0.05, 0) is 104 Å². The van der Waals surface area contributed by atoms with Crippen LogP contribution in [0.1, 0.15) is 79.0 Å². The monoisotopic (exact) mass is 570 g/mol. The summed E-state index contributed by atoms with van der Waals surface area (Å²) >= 11 is 0. The van der Waals surface area contributed by atoms with Crippen LogP contribution in [0.5, 0.6) is 34.5 Å². The van der Waals surface area contributed by atoms with Gasteiger partial charge in [-0.3, -0.25) is 0 Å². The van der Waals surface area contributed by atoms with E-state index in [-0.39, 0.29) is 34.5 Å². The van der Waals surface area contributed by atoms with Crippen molar-refractivity contribution in [3.63, 3.8) is 0 Å². The van der Waals surface area contributed by atoms with E-state index in [1.54, 1.807) is 0 Å². The lowest BCUT2D eigenvalue weighted by molar-refractivity contribution is 0.389. The maximum atomic E-state index is 10.7. The average Bonchev–Trinajstić information content (AvgIpc) is 2.86. The molecular weight excluding hydrogens is 528 g/mol. The van der Waals surface area contributed by atoms with Crippen LogP contribution in [0.2, 0.25) is 0 Å². The van der Waals surface area contributed by atoms with Gasteiger partial charge in [0.15, 0.2) is 34.5 Å². The second-order valence-electron chi connectivity index (χ2n) is 14.2. The SMILES string of the molecule is CC(C)(C)c1cc(-c2cc(-c3cc(O)c(O)c(C(C)(C)C)c3)cc(-c3cc(O)c(O)c(C(C)(C)C)c3)c2)cc(O)c1O. The summed E-state index contributed by atoms with van der Waals surface area (Å²) in [6.45, 7) is 17.6. The first-order chi connectivity index (χ1) is 19.2. The van der Waals surface area contributed by atoms with Gasteiger partial charge in [-0.1, -0.05) is 62.3 Å². The lowest BCUT2D eigenvalue weighted by Crippen LogP contribution is -2.12. The molecule has 222 valence electrons. The molecular formula is C36H42O6. The van der Waals surface area contributed by atoms with Gasteiger partial charge in [0.25, 0.3) is 0 Å². The Hall–Kier alpha value is -4.32. The van der Waals surface area contributed by atoms with Gasteiger partial charge in [0, 0.05) is 16.7 Å². The molecule has 0 aliphatic carbocycles. The van der Waals surface area contributed by atoms with Crippen LogP contribution in [-0.4, -0.2) is 30.6 Å². The molecule has 0 unspecified atom stereocenters. The Morgan fingerprint density at radius 1 is 0.310 bits per heavy atom. The van der Waals surface area contributed by atoms with Crippen LogP contribution < -0.4 is 0 Å². The quantitative estimate of drug-likeness (QED) is 0.137. The first-order valence-corrected chi connectivity index (χ1v) is 14.0. The lowest BCUT2D eigenvalue weighted by Gasteiger charge is -2.24. The van der Waals surface area contributed by atoms with Crippen LogP contribution >= 0.6 is 0 Å². The summed E-state index contributed by atoms with van der Waals surface area (Å²) in [5.74, 6) is -1.21. The van der Waals surface area contributed by atoms with E-state index >= 15 is 0 Å². The molecule has 0 saturated carbocycles. The van der Waals surface area contributed by atoms with Crippen molar-refractivity contribution in [1.82, 2.24) is 0 Å². The van der Waals surface area contributed by atoms with E-state index in [4.69, 9.17) is 0 Å². The summed E-state index contributed by atoms with van der Waals surface area (Å²) in [6, 6.07) is 15.8. The highest BCUT2D eigenvalue weighted by Gasteiger charge is 2.25. The highest BCUT2D eigenvalue weighted by molar-refractivity contribution is 5.84. The van der Waals surface area contributed by atoms with Gasteiger partial charge >= 0.3 is 0 Å². The molecule has 4 aromatic rings. The van der Waals surface area contributed by atoms with E-state index in [1.807, 2.05) is 98.7 Å². The summed E-state index contributed by atoms with van der Waals surface area (Å²) in [7, 11) is 0. The zero-order valence-electron chi connectivity index (χ0n) is 25.9. The number of aromatic hydroxyl groups is 6. The van der Waals surface area contributed by atoms with Gasteiger partial charge < -0.3 is 30.6 Å². The molecule has 0 heterocycles. The molecule has 6 heteroatoms. The van der Waals surface area contributed by atoms with E-state index in [0.717, 1.165) is 16.7 Å². The van der Waals surface area contributed by atoms with Crippen molar-refractivity contribution < 1.29 is 30.6 Å². The summed E-state index contributed by atoms with van der Waals surface area (Å²) in [5, 5.41) is 64.0. The van der Waals surface area contributed by atoms with Crippen LogP contribution in [0.25, 0.3) is 33.4 Å². The van der Waals surface area contributed by atoms with Crippen LogP contribution in [0.3, 0.4) is 0 Å². The van der Waals surface area contributed by atoms with E-state index in [2.05, 4.69) is 0 Å². The number of hydrogen-bond donors (Lipinski definition) is 6. The third-order valence-electron chi connectivity index (χ3n) is 7.63. The van der Waals surface area contributed by atoms with Gasteiger partial charge in [-0.25, -0.2) is 0 Å². The second-order valence-corrected chi connectivity index (χ2v) is 14.2. The first kappa shape index (κ1) is 30.6. The predicted octanol–water partition coefficient (Wildman–Crippen LogP) is 8.81. The van der Waals surface area contributed by atoms with E-state index in [0.29, 0.717) is 33.4 Å². The molecule has 0 saturated heterocycles. The third kappa shape index (κ3) is 5.85. The molecule has 0 amide bonds. The van der Waals surface area contributed by atoms with Gasteiger partial charge in [0.2, 0.25) is 0 Å². The molecule has 4 rings (SSSR count). The fourth-order valence-electron chi connectivity index (χ4n) is 5.20. The van der Waals surface area contributed by atoms with Crippen molar-refractivity contribution in [3.05, 3.63) is 71.3 Å². The molecule has 0 aliphatic rings. The molecule has 0 atom stereocenters. The number of rotatable bonds is 3. The van der Waals surface area contributed by atoms with Crippen molar-refractivity contribution >= 4 is 0 Å². The fourth-order valence-corrected chi connectivity index (χ4v) is 5.20. The van der Waals surface area contributed by atoms with Crippen molar-refractivity contribution in [1.29, 1.82) is 0 Å². The molecule has 0 aliphatic heterocycles. The van der Waals surface area contributed by atoms with Crippen molar-refractivity contribution in [2.24, 2.45) is 0 Å². The summed E-state index contributed by atoms with van der Waals surface area (Å²) < 4.78 is 0. The Kier molecular flexibility index (Phi) is 7.44. The minimum atomic E-state index is -0.452. The maximum Gasteiger partial charge on any atom is 0.161 e. The smallest absolute Gasteiger partial charge is 0.161 e. The zero-order chi connectivity index (χ0) is 31.5. The van der Waals surface area contributed by atoms with Crippen molar-refractivity contribution in [2.75, 3.05) is 0 Å².